The fourth-order valence-electron chi connectivity index (χ4n) is 3.74. The van der Waals surface area contributed by atoms with Crippen molar-refractivity contribution < 1.29 is 23.7 Å². The van der Waals surface area contributed by atoms with Crippen molar-refractivity contribution in [2.24, 2.45) is 5.73 Å². The van der Waals surface area contributed by atoms with Crippen LogP contribution < -0.4 is 24.7 Å². The molecule has 166 valence electrons. The van der Waals surface area contributed by atoms with Gasteiger partial charge in [0.2, 0.25) is 5.88 Å². The van der Waals surface area contributed by atoms with Gasteiger partial charge >= 0.3 is 5.97 Å². The number of methoxy groups -OCH3 is 1. The molecule has 7 nitrogen and oxygen atoms in total. The molecule has 0 radical (unpaired) electrons. The van der Waals surface area contributed by atoms with E-state index in [9.17, 15) is 10.1 Å². The van der Waals surface area contributed by atoms with Gasteiger partial charge in [-0.05, 0) is 43.3 Å². The van der Waals surface area contributed by atoms with Gasteiger partial charge in [0.25, 0.3) is 0 Å². The second kappa shape index (κ2) is 9.37. The molecular weight excluding hydrogens is 420 g/mol. The van der Waals surface area contributed by atoms with Crippen molar-refractivity contribution in [1.82, 2.24) is 0 Å². The smallest absolute Gasteiger partial charge is 0.343 e. The van der Waals surface area contributed by atoms with Gasteiger partial charge in [0, 0.05) is 17.2 Å². The highest BCUT2D eigenvalue weighted by Gasteiger charge is 2.32. The predicted octanol–water partition coefficient (Wildman–Crippen LogP) is 4.53. The number of hydrogen-bond donors (Lipinski definition) is 1. The van der Waals surface area contributed by atoms with Gasteiger partial charge in [0.1, 0.15) is 34.6 Å². The minimum Gasteiger partial charge on any atom is -0.496 e. The Morgan fingerprint density at radius 3 is 2.48 bits per heavy atom. The van der Waals surface area contributed by atoms with E-state index in [4.69, 9.17) is 24.7 Å². The van der Waals surface area contributed by atoms with Gasteiger partial charge in [-0.15, -0.1) is 0 Å². The molecule has 0 saturated carbocycles. The molecule has 3 aromatic rings. The van der Waals surface area contributed by atoms with Gasteiger partial charge in [0.05, 0.1) is 25.2 Å². The maximum absolute atomic E-state index is 12.6. The number of para-hydroxylation sites is 1. The summed E-state index contributed by atoms with van der Waals surface area (Å²) in [6.45, 7) is 2.43. The molecular formula is C26H22N2O5. The molecule has 1 aliphatic rings. The number of rotatable bonds is 6. The summed E-state index contributed by atoms with van der Waals surface area (Å²) in [4.78, 5) is 12.6. The normalized spacial score (nSPS) is 14.5. The average molecular weight is 442 g/mol. The van der Waals surface area contributed by atoms with Crippen LogP contribution in [0.3, 0.4) is 0 Å². The molecule has 0 aromatic heterocycles. The minimum absolute atomic E-state index is 0.00380. The maximum Gasteiger partial charge on any atom is 0.343 e. The Labute approximate surface area is 191 Å². The maximum atomic E-state index is 12.6. The molecule has 1 heterocycles. The van der Waals surface area contributed by atoms with E-state index < -0.39 is 11.9 Å². The highest BCUT2D eigenvalue weighted by Crippen LogP contribution is 2.45. The summed E-state index contributed by atoms with van der Waals surface area (Å²) in [5, 5.41) is 9.75. The summed E-state index contributed by atoms with van der Waals surface area (Å²) in [7, 11) is 1.57. The van der Waals surface area contributed by atoms with Crippen LogP contribution in [-0.4, -0.2) is 19.7 Å². The van der Waals surface area contributed by atoms with E-state index in [-0.39, 0.29) is 11.5 Å². The second-order valence-electron chi connectivity index (χ2n) is 7.21. The first-order valence-corrected chi connectivity index (χ1v) is 10.3. The van der Waals surface area contributed by atoms with Crippen molar-refractivity contribution in [3.05, 3.63) is 94.9 Å². The topological polar surface area (TPSA) is 104 Å². The molecule has 0 fully saturated rings. The van der Waals surface area contributed by atoms with E-state index in [1.165, 1.54) is 0 Å². The van der Waals surface area contributed by atoms with E-state index in [2.05, 4.69) is 6.07 Å². The SMILES string of the molecule is CCOc1ccc(C(=O)Oc2ccc3c(c2)OC(N)=C(C#N)C3c2ccccc2OC)cc1. The van der Waals surface area contributed by atoms with E-state index in [0.29, 0.717) is 40.7 Å². The molecule has 3 aromatic carbocycles. The number of benzene rings is 3. The number of fused-ring (bicyclic) bond motifs is 1. The Morgan fingerprint density at radius 1 is 1.06 bits per heavy atom. The monoisotopic (exact) mass is 442 g/mol. The van der Waals surface area contributed by atoms with Crippen LogP contribution >= 0.6 is 0 Å². The highest BCUT2D eigenvalue weighted by atomic mass is 16.5. The van der Waals surface area contributed by atoms with Crippen LogP contribution in [0.2, 0.25) is 0 Å². The molecule has 33 heavy (non-hydrogen) atoms. The third kappa shape index (κ3) is 4.32. The number of carbonyl (C=O) groups is 1. The molecule has 0 saturated heterocycles. The lowest BCUT2D eigenvalue weighted by atomic mass is 9.83. The summed E-state index contributed by atoms with van der Waals surface area (Å²) >= 11 is 0. The number of nitrogens with two attached hydrogens (primary N) is 1. The molecule has 1 unspecified atom stereocenters. The highest BCUT2D eigenvalue weighted by molar-refractivity contribution is 5.91. The molecule has 1 atom stereocenters. The van der Waals surface area contributed by atoms with Crippen molar-refractivity contribution in [3.63, 3.8) is 0 Å². The van der Waals surface area contributed by atoms with Crippen LogP contribution in [-0.2, 0) is 0 Å². The fraction of sp³-hybridized carbons (Fsp3) is 0.154. The lowest BCUT2D eigenvalue weighted by Crippen LogP contribution is -2.21. The summed E-state index contributed by atoms with van der Waals surface area (Å²) in [6, 6.07) is 21.3. The molecule has 0 bridgehead atoms. The van der Waals surface area contributed by atoms with Gasteiger partial charge in [-0.3, -0.25) is 0 Å². The summed E-state index contributed by atoms with van der Waals surface area (Å²) < 4.78 is 22.1. The van der Waals surface area contributed by atoms with Gasteiger partial charge < -0.3 is 24.7 Å². The van der Waals surface area contributed by atoms with Crippen molar-refractivity contribution in [1.29, 1.82) is 5.26 Å². The van der Waals surface area contributed by atoms with Crippen molar-refractivity contribution in [2.75, 3.05) is 13.7 Å². The lowest BCUT2D eigenvalue weighted by Gasteiger charge is -2.27. The van der Waals surface area contributed by atoms with Crippen LogP contribution in [0.4, 0.5) is 0 Å². The first-order chi connectivity index (χ1) is 16.0. The zero-order chi connectivity index (χ0) is 23.4. The number of ether oxygens (including phenoxy) is 4. The second-order valence-corrected chi connectivity index (χ2v) is 7.21. The predicted molar refractivity (Wildman–Crippen MR) is 121 cm³/mol. The fourth-order valence-corrected chi connectivity index (χ4v) is 3.74. The van der Waals surface area contributed by atoms with Crippen molar-refractivity contribution in [2.45, 2.75) is 12.8 Å². The van der Waals surface area contributed by atoms with Crippen LogP contribution in [0.25, 0.3) is 0 Å². The molecule has 2 N–H and O–H groups in total. The van der Waals surface area contributed by atoms with E-state index in [0.717, 1.165) is 5.56 Å². The van der Waals surface area contributed by atoms with Gasteiger partial charge in [0.15, 0.2) is 0 Å². The van der Waals surface area contributed by atoms with Crippen LogP contribution in [0.1, 0.15) is 34.3 Å². The third-order valence-corrected chi connectivity index (χ3v) is 5.25. The van der Waals surface area contributed by atoms with E-state index >= 15 is 0 Å². The largest absolute Gasteiger partial charge is 0.496 e. The molecule has 0 spiro atoms. The van der Waals surface area contributed by atoms with Gasteiger partial charge in [-0.1, -0.05) is 24.3 Å². The number of esters is 1. The lowest BCUT2D eigenvalue weighted by molar-refractivity contribution is 0.0734. The average Bonchev–Trinajstić information content (AvgIpc) is 2.83. The summed E-state index contributed by atoms with van der Waals surface area (Å²) in [5.74, 6) is 0.994. The summed E-state index contributed by atoms with van der Waals surface area (Å²) in [6.07, 6.45) is 0. The molecule has 0 amide bonds. The first-order valence-electron chi connectivity index (χ1n) is 10.3. The first kappa shape index (κ1) is 21.8. The number of nitrogens with zero attached hydrogens (tertiary/aromatic N) is 1. The van der Waals surface area contributed by atoms with Crippen LogP contribution in [0.5, 0.6) is 23.0 Å². The van der Waals surface area contributed by atoms with Crippen molar-refractivity contribution >= 4 is 5.97 Å². The van der Waals surface area contributed by atoms with Gasteiger partial charge in [-0.25, -0.2) is 4.79 Å². The van der Waals surface area contributed by atoms with Crippen molar-refractivity contribution in [3.8, 4) is 29.1 Å². The molecule has 4 rings (SSSR count). The Kier molecular flexibility index (Phi) is 6.18. The number of allylic oxidation sites excluding steroid dienone is 1. The third-order valence-electron chi connectivity index (χ3n) is 5.25. The van der Waals surface area contributed by atoms with Crippen LogP contribution in [0.15, 0.2) is 78.2 Å². The number of carbonyl (C=O) groups excluding carboxylic acids is 1. The van der Waals surface area contributed by atoms with E-state index in [1.54, 1.807) is 49.6 Å². The van der Waals surface area contributed by atoms with Gasteiger partial charge in [-0.2, -0.15) is 5.26 Å². The number of hydrogen-bond acceptors (Lipinski definition) is 7. The minimum atomic E-state index is -0.517. The number of nitriles is 1. The van der Waals surface area contributed by atoms with E-state index in [1.807, 2.05) is 31.2 Å². The Balaban J connectivity index is 1.65. The Morgan fingerprint density at radius 2 is 1.79 bits per heavy atom. The Bertz CT molecular complexity index is 1260. The quantitative estimate of drug-likeness (QED) is 0.442. The molecule has 0 aliphatic carbocycles. The Hall–Kier alpha value is -4.44. The zero-order valence-electron chi connectivity index (χ0n) is 18.2. The zero-order valence-corrected chi connectivity index (χ0v) is 18.2. The van der Waals surface area contributed by atoms with Crippen LogP contribution in [0, 0.1) is 11.3 Å². The molecule has 1 aliphatic heterocycles. The standard InChI is InChI=1S/C26H22N2O5/c1-3-31-17-10-8-16(9-11-17)26(29)32-18-12-13-20-23(14-18)33-25(28)21(15-27)24(20)19-6-4-5-7-22(19)30-2/h4-14,24H,3,28H2,1-2H3. The summed E-state index contributed by atoms with van der Waals surface area (Å²) in [5.41, 5.74) is 8.24. The molecule has 7 heteroatoms.